The Balaban J connectivity index is 3.60. The summed E-state index contributed by atoms with van der Waals surface area (Å²) in [7, 11) is 0. The highest BCUT2D eigenvalue weighted by Crippen LogP contribution is 2.17. The lowest BCUT2D eigenvalue weighted by Gasteiger charge is -2.13. The second-order valence-electron chi connectivity index (χ2n) is 7.94. The summed E-state index contributed by atoms with van der Waals surface area (Å²) in [6, 6.07) is 0. The van der Waals surface area contributed by atoms with Gasteiger partial charge in [0.2, 0.25) is 0 Å². The van der Waals surface area contributed by atoms with Crippen LogP contribution in [0, 0.1) is 5.92 Å². The van der Waals surface area contributed by atoms with E-state index in [1.165, 1.54) is 70.3 Å². The highest BCUT2D eigenvalue weighted by molar-refractivity contribution is 5.79. The molecule has 0 aromatic carbocycles. The SMILES string of the molecule is C=CCOC(=O)C(CCCCC/C=C/CCCCCCCCCCC)CC(=O)O. The number of carbonyl (C=O) groups is 2. The fourth-order valence-corrected chi connectivity index (χ4v) is 3.41. The highest BCUT2D eigenvalue weighted by Gasteiger charge is 2.22. The number of hydrogen-bond donors (Lipinski definition) is 1. The third-order valence-corrected chi connectivity index (χ3v) is 5.16. The molecular formula is C25H44O4. The van der Waals surface area contributed by atoms with Crippen LogP contribution < -0.4 is 0 Å². The van der Waals surface area contributed by atoms with Crippen molar-refractivity contribution in [2.75, 3.05) is 6.61 Å². The number of carboxylic acid groups (broad SMARTS) is 1. The number of hydrogen-bond acceptors (Lipinski definition) is 3. The maximum absolute atomic E-state index is 11.9. The molecule has 0 saturated carbocycles. The molecule has 4 nitrogen and oxygen atoms in total. The van der Waals surface area contributed by atoms with E-state index in [1.807, 2.05) is 0 Å². The van der Waals surface area contributed by atoms with Gasteiger partial charge in [0.05, 0.1) is 12.3 Å². The molecule has 0 spiro atoms. The van der Waals surface area contributed by atoms with Gasteiger partial charge < -0.3 is 9.84 Å². The summed E-state index contributed by atoms with van der Waals surface area (Å²) in [6.07, 6.45) is 23.9. The molecule has 0 aliphatic rings. The lowest BCUT2D eigenvalue weighted by atomic mass is 9.97. The van der Waals surface area contributed by atoms with E-state index in [1.54, 1.807) is 0 Å². The van der Waals surface area contributed by atoms with Crippen LogP contribution in [0.25, 0.3) is 0 Å². The summed E-state index contributed by atoms with van der Waals surface area (Å²) in [5.41, 5.74) is 0. The van der Waals surface area contributed by atoms with Gasteiger partial charge in [-0.15, -0.1) is 0 Å². The van der Waals surface area contributed by atoms with Crippen LogP contribution in [0.5, 0.6) is 0 Å². The van der Waals surface area contributed by atoms with Crippen molar-refractivity contribution in [2.45, 2.75) is 110 Å². The topological polar surface area (TPSA) is 63.6 Å². The van der Waals surface area contributed by atoms with Crippen molar-refractivity contribution in [3.05, 3.63) is 24.8 Å². The molecule has 0 aromatic rings. The van der Waals surface area contributed by atoms with Gasteiger partial charge in [-0.05, 0) is 32.1 Å². The molecular weight excluding hydrogens is 364 g/mol. The van der Waals surface area contributed by atoms with Crippen LogP contribution >= 0.6 is 0 Å². The van der Waals surface area contributed by atoms with Gasteiger partial charge in [-0.2, -0.15) is 0 Å². The zero-order valence-electron chi connectivity index (χ0n) is 18.7. The standard InChI is InChI=1S/C25H44O4/c1-3-5-6-7-8-9-10-11-12-13-14-15-16-17-18-19-20-23(22-24(26)27)25(28)29-21-4-2/h4,14-15,23H,2-3,5-13,16-22H2,1H3,(H,26,27)/b15-14+. The molecule has 168 valence electrons. The van der Waals surface area contributed by atoms with E-state index in [0.29, 0.717) is 6.42 Å². The molecule has 1 unspecified atom stereocenters. The van der Waals surface area contributed by atoms with E-state index in [2.05, 4.69) is 25.7 Å². The molecule has 0 radical (unpaired) electrons. The Bertz CT molecular complexity index is 442. The van der Waals surface area contributed by atoms with Crippen molar-refractivity contribution in [1.29, 1.82) is 0 Å². The summed E-state index contributed by atoms with van der Waals surface area (Å²) in [4.78, 5) is 22.8. The van der Waals surface area contributed by atoms with Crippen molar-refractivity contribution in [3.63, 3.8) is 0 Å². The lowest BCUT2D eigenvalue weighted by molar-refractivity contribution is -0.152. The largest absolute Gasteiger partial charge is 0.481 e. The molecule has 0 heterocycles. The van der Waals surface area contributed by atoms with Gasteiger partial charge in [0.1, 0.15) is 6.61 Å². The van der Waals surface area contributed by atoms with Crippen LogP contribution in [0.4, 0.5) is 0 Å². The first-order valence-electron chi connectivity index (χ1n) is 11.8. The first-order valence-corrected chi connectivity index (χ1v) is 11.8. The van der Waals surface area contributed by atoms with E-state index in [0.717, 1.165) is 25.7 Å². The molecule has 4 heteroatoms. The van der Waals surface area contributed by atoms with E-state index in [-0.39, 0.29) is 13.0 Å². The third-order valence-electron chi connectivity index (χ3n) is 5.16. The van der Waals surface area contributed by atoms with Crippen molar-refractivity contribution in [2.24, 2.45) is 5.92 Å². The predicted octanol–water partition coefficient (Wildman–Crippen LogP) is 7.23. The molecule has 0 rings (SSSR count). The zero-order chi connectivity index (χ0) is 21.6. The van der Waals surface area contributed by atoms with Gasteiger partial charge in [-0.3, -0.25) is 9.59 Å². The van der Waals surface area contributed by atoms with Crippen LogP contribution in [0.2, 0.25) is 0 Å². The Hall–Kier alpha value is -1.58. The quantitative estimate of drug-likeness (QED) is 0.124. The van der Waals surface area contributed by atoms with Crippen LogP contribution in [-0.2, 0) is 14.3 Å². The van der Waals surface area contributed by atoms with Crippen LogP contribution in [0.3, 0.4) is 0 Å². The van der Waals surface area contributed by atoms with Gasteiger partial charge in [-0.25, -0.2) is 0 Å². The summed E-state index contributed by atoms with van der Waals surface area (Å²) in [5.74, 6) is -1.92. The summed E-state index contributed by atoms with van der Waals surface area (Å²) >= 11 is 0. The third kappa shape index (κ3) is 19.5. The first kappa shape index (κ1) is 27.4. The van der Waals surface area contributed by atoms with E-state index in [4.69, 9.17) is 9.84 Å². The number of aliphatic carboxylic acids is 1. The van der Waals surface area contributed by atoms with Gasteiger partial charge >= 0.3 is 11.9 Å². The van der Waals surface area contributed by atoms with Gasteiger partial charge in [0, 0.05) is 0 Å². The van der Waals surface area contributed by atoms with Crippen LogP contribution in [-0.4, -0.2) is 23.7 Å². The average molecular weight is 409 g/mol. The van der Waals surface area contributed by atoms with Crippen LogP contribution in [0.15, 0.2) is 24.8 Å². The molecule has 0 aliphatic heterocycles. The second kappa shape index (κ2) is 21.1. The first-order chi connectivity index (χ1) is 14.1. The lowest BCUT2D eigenvalue weighted by Crippen LogP contribution is -2.21. The van der Waals surface area contributed by atoms with Crippen molar-refractivity contribution < 1.29 is 19.4 Å². The molecule has 0 amide bonds. The Labute approximate surface area is 178 Å². The summed E-state index contributed by atoms with van der Waals surface area (Å²) in [6.45, 7) is 5.90. The number of rotatable bonds is 21. The maximum Gasteiger partial charge on any atom is 0.309 e. The fraction of sp³-hybridized carbons (Fsp3) is 0.760. The number of allylic oxidation sites excluding steroid dienone is 2. The van der Waals surface area contributed by atoms with E-state index in [9.17, 15) is 9.59 Å². The molecule has 1 atom stereocenters. The predicted molar refractivity (Wildman–Crippen MR) is 121 cm³/mol. The summed E-state index contributed by atoms with van der Waals surface area (Å²) in [5, 5.41) is 8.96. The number of carboxylic acids is 1. The van der Waals surface area contributed by atoms with Gasteiger partial charge in [0.25, 0.3) is 0 Å². The number of unbranched alkanes of at least 4 members (excludes halogenated alkanes) is 12. The van der Waals surface area contributed by atoms with Gasteiger partial charge in [0.15, 0.2) is 0 Å². The van der Waals surface area contributed by atoms with Gasteiger partial charge in [-0.1, -0.05) is 95.9 Å². The molecule has 0 bridgehead atoms. The minimum absolute atomic E-state index is 0.138. The Morgan fingerprint density at radius 3 is 1.90 bits per heavy atom. The molecule has 0 saturated heterocycles. The van der Waals surface area contributed by atoms with Crippen molar-refractivity contribution in [3.8, 4) is 0 Å². The maximum atomic E-state index is 11.9. The molecule has 0 fully saturated rings. The highest BCUT2D eigenvalue weighted by atomic mass is 16.5. The summed E-state index contributed by atoms with van der Waals surface area (Å²) < 4.78 is 5.00. The van der Waals surface area contributed by atoms with Crippen molar-refractivity contribution >= 4 is 11.9 Å². The van der Waals surface area contributed by atoms with Crippen LogP contribution in [0.1, 0.15) is 110 Å². The van der Waals surface area contributed by atoms with E-state index >= 15 is 0 Å². The van der Waals surface area contributed by atoms with Crippen molar-refractivity contribution in [1.82, 2.24) is 0 Å². The molecule has 0 aromatic heterocycles. The second-order valence-corrected chi connectivity index (χ2v) is 7.94. The average Bonchev–Trinajstić information content (AvgIpc) is 2.70. The molecule has 29 heavy (non-hydrogen) atoms. The smallest absolute Gasteiger partial charge is 0.309 e. The number of esters is 1. The monoisotopic (exact) mass is 408 g/mol. The molecule has 1 N–H and O–H groups in total. The van der Waals surface area contributed by atoms with E-state index < -0.39 is 17.9 Å². The minimum atomic E-state index is -0.954. The Kier molecular flexibility index (Phi) is 20.0. The fourth-order valence-electron chi connectivity index (χ4n) is 3.41. The Morgan fingerprint density at radius 2 is 1.38 bits per heavy atom. The minimum Gasteiger partial charge on any atom is -0.481 e. The molecule has 0 aliphatic carbocycles. The Morgan fingerprint density at radius 1 is 0.862 bits per heavy atom. The zero-order valence-corrected chi connectivity index (χ0v) is 18.7. The number of carbonyl (C=O) groups excluding carboxylic acids is 1. The normalized spacial score (nSPS) is 12.2. The number of ether oxygens (including phenoxy) is 1.